The fourth-order valence-electron chi connectivity index (χ4n) is 4.15. The SMILES string of the molecule is COCCCn1c(C)cc(C(=O)N2CCOc3ccc(CCC(=O)N(C)C)cc3C2)c1C. The molecule has 0 unspecified atom stereocenters. The molecule has 0 saturated heterocycles. The highest BCUT2D eigenvalue weighted by Crippen LogP contribution is 2.27. The summed E-state index contributed by atoms with van der Waals surface area (Å²) < 4.78 is 13.3. The summed E-state index contributed by atoms with van der Waals surface area (Å²) in [6.45, 7) is 7.08. The summed E-state index contributed by atoms with van der Waals surface area (Å²) in [5.41, 5.74) is 4.88. The zero-order valence-electron chi connectivity index (χ0n) is 19.9. The van der Waals surface area contributed by atoms with Gasteiger partial charge in [-0.2, -0.15) is 0 Å². The van der Waals surface area contributed by atoms with Gasteiger partial charge in [-0.3, -0.25) is 9.59 Å². The Kier molecular flexibility index (Phi) is 7.96. The third kappa shape index (κ3) is 5.51. The number of benzene rings is 1. The van der Waals surface area contributed by atoms with Crippen LogP contribution in [-0.4, -0.2) is 67.1 Å². The summed E-state index contributed by atoms with van der Waals surface area (Å²) in [4.78, 5) is 28.9. The first-order valence-electron chi connectivity index (χ1n) is 11.2. The number of aromatic nitrogens is 1. The van der Waals surface area contributed by atoms with E-state index in [1.807, 2.05) is 36.9 Å². The van der Waals surface area contributed by atoms with Gasteiger partial charge in [0.05, 0.1) is 12.1 Å². The van der Waals surface area contributed by atoms with E-state index in [-0.39, 0.29) is 11.8 Å². The molecule has 1 aliphatic rings. The fourth-order valence-corrected chi connectivity index (χ4v) is 4.15. The second-order valence-electron chi connectivity index (χ2n) is 8.59. The maximum absolute atomic E-state index is 13.4. The molecule has 3 rings (SSSR count). The van der Waals surface area contributed by atoms with E-state index >= 15 is 0 Å². The Hall–Kier alpha value is -2.80. The predicted octanol–water partition coefficient (Wildman–Crippen LogP) is 3.20. The number of hydrogen-bond donors (Lipinski definition) is 0. The van der Waals surface area contributed by atoms with Gasteiger partial charge in [0.15, 0.2) is 0 Å². The molecule has 0 bridgehead atoms. The first kappa shape index (κ1) is 23.9. The molecule has 7 heteroatoms. The maximum atomic E-state index is 13.4. The minimum atomic E-state index is 0.0285. The zero-order valence-corrected chi connectivity index (χ0v) is 19.9. The van der Waals surface area contributed by atoms with Crippen LogP contribution in [0, 0.1) is 13.8 Å². The molecule has 32 heavy (non-hydrogen) atoms. The molecule has 2 amide bonds. The number of fused-ring (bicyclic) bond motifs is 1. The highest BCUT2D eigenvalue weighted by Gasteiger charge is 2.24. The van der Waals surface area contributed by atoms with Gasteiger partial charge < -0.3 is 23.8 Å². The average Bonchev–Trinajstić information content (AvgIpc) is 2.93. The van der Waals surface area contributed by atoms with Crippen LogP contribution >= 0.6 is 0 Å². The average molecular weight is 442 g/mol. The topological polar surface area (TPSA) is 64.0 Å². The second-order valence-corrected chi connectivity index (χ2v) is 8.59. The van der Waals surface area contributed by atoms with Gasteiger partial charge in [-0.25, -0.2) is 0 Å². The van der Waals surface area contributed by atoms with E-state index in [9.17, 15) is 9.59 Å². The molecule has 0 aliphatic carbocycles. The highest BCUT2D eigenvalue weighted by atomic mass is 16.5. The van der Waals surface area contributed by atoms with E-state index in [0.29, 0.717) is 39.1 Å². The van der Waals surface area contributed by atoms with E-state index in [4.69, 9.17) is 9.47 Å². The first-order valence-corrected chi connectivity index (χ1v) is 11.2. The standard InChI is InChI=1S/C25H35N3O4/c1-18-15-22(19(2)28(18)11-6-13-31-5)25(30)27-12-14-32-23-9-7-20(16-21(23)17-27)8-10-24(29)26(3)4/h7,9,15-16H,6,8,10-14,17H2,1-5H3. The number of aryl methyl sites for hydroxylation is 2. The van der Waals surface area contributed by atoms with Gasteiger partial charge in [0.1, 0.15) is 12.4 Å². The van der Waals surface area contributed by atoms with Crippen molar-refractivity contribution < 1.29 is 19.1 Å². The summed E-state index contributed by atoms with van der Waals surface area (Å²) in [5, 5.41) is 0. The van der Waals surface area contributed by atoms with Gasteiger partial charge in [-0.15, -0.1) is 0 Å². The van der Waals surface area contributed by atoms with Crippen molar-refractivity contribution in [1.82, 2.24) is 14.4 Å². The van der Waals surface area contributed by atoms with Gasteiger partial charge in [-0.05, 0) is 44.4 Å². The Labute approximate surface area is 190 Å². The molecule has 0 fully saturated rings. The summed E-state index contributed by atoms with van der Waals surface area (Å²) in [6, 6.07) is 8.02. The lowest BCUT2D eigenvalue weighted by Crippen LogP contribution is -2.32. The molecule has 0 N–H and O–H groups in total. The van der Waals surface area contributed by atoms with Gasteiger partial charge in [0.2, 0.25) is 5.91 Å². The van der Waals surface area contributed by atoms with Gasteiger partial charge in [-0.1, -0.05) is 12.1 Å². The van der Waals surface area contributed by atoms with E-state index in [1.165, 1.54) is 0 Å². The van der Waals surface area contributed by atoms with E-state index in [0.717, 1.165) is 46.8 Å². The van der Waals surface area contributed by atoms with Crippen LogP contribution in [0.1, 0.15) is 45.7 Å². The Balaban J connectivity index is 1.75. The molecule has 0 radical (unpaired) electrons. The molecule has 174 valence electrons. The van der Waals surface area contributed by atoms with Crippen LogP contribution in [0.4, 0.5) is 0 Å². The van der Waals surface area contributed by atoms with Crippen LogP contribution in [0.25, 0.3) is 0 Å². The van der Waals surface area contributed by atoms with Crippen LogP contribution < -0.4 is 4.74 Å². The van der Waals surface area contributed by atoms with Gasteiger partial charge in [0, 0.05) is 64.3 Å². The number of rotatable bonds is 8. The van der Waals surface area contributed by atoms with Crippen molar-refractivity contribution in [2.24, 2.45) is 0 Å². The van der Waals surface area contributed by atoms with Crippen molar-refractivity contribution >= 4 is 11.8 Å². The molecule has 0 atom stereocenters. The molecule has 1 aromatic heterocycles. The van der Waals surface area contributed by atoms with Crippen LogP contribution in [0.5, 0.6) is 5.75 Å². The quantitative estimate of drug-likeness (QED) is 0.590. The largest absolute Gasteiger partial charge is 0.491 e. The van der Waals surface area contributed by atoms with Crippen molar-refractivity contribution in [2.45, 2.75) is 46.2 Å². The minimum Gasteiger partial charge on any atom is -0.491 e. The van der Waals surface area contributed by atoms with Crippen molar-refractivity contribution in [2.75, 3.05) is 41.0 Å². The number of methoxy groups -OCH3 is 1. The lowest BCUT2D eigenvalue weighted by molar-refractivity contribution is -0.128. The summed E-state index contributed by atoms with van der Waals surface area (Å²) in [5.74, 6) is 0.947. The van der Waals surface area contributed by atoms with Gasteiger partial charge in [0.25, 0.3) is 5.91 Å². The number of nitrogens with zero attached hydrogens (tertiary/aromatic N) is 3. The third-order valence-corrected chi connectivity index (χ3v) is 6.05. The first-order chi connectivity index (χ1) is 15.3. The predicted molar refractivity (Wildman–Crippen MR) is 124 cm³/mol. The van der Waals surface area contributed by atoms with Crippen LogP contribution in [0.15, 0.2) is 24.3 Å². The van der Waals surface area contributed by atoms with Crippen molar-refractivity contribution in [1.29, 1.82) is 0 Å². The second kappa shape index (κ2) is 10.7. The molecule has 2 heterocycles. The summed E-state index contributed by atoms with van der Waals surface area (Å²) in [7, 11) is 5.24. The number of carbonyl (C=O) groups excluding carboxylic acids is 2. The molecule has 0 saturated carbocycles. The van der Waals surface area contributed by atoms with Crippen LogP contribution in [0.3, 0.4) is 0 Å². The molecule has 1 aliphatic heterocycles. The highest BCUT2D eigenvalue weighted by molar-refractivity contribution is 5.95. The Bertz CT molecular complexity index is 964. The molecule has 0 spiro atoms. The third-order valence-electron chi connectivity index (χ3n) is 6.05. The van der Waals surface area contributed by atoms with E-state index < -0.39 is 0 Å². The minimum absolute atomic E-state index is 0.0285. The molecular formula is C25H35N3O4. The van der Waals surface area contributed by atoms with Crippen molar-refractivity contribution in [3.8, 4) is 5.75 Å². The van der Waals surface area contributed by atoms with Crippen LogP contribution in [0.2, 0.25) is 0 Å². The molecular weight excluding hydrogens is 406 g/mol. The van der Waals surface area contributed by atoms with Gasteiger partial charge >= 0.3 is 0 Å². The number of carbonyl (C=O) groups is 2. The fraction of sp³-hybridized carbons (Fsp3) is 0.520. The van der Waals surface area contributed by atoms with E-state index in [1.54, 1.807) is 26.1 Å². The smallest absolute Gasteiger partial charge is 0.256 e. The van der Waals surface area contributed by atoms with Crippen molar-refractivity contribution in [3.05, 3.63) is 52.3 Å². The lowest BCUT2D eigenvalue weighted by atomic mass is 10.0. The monoisotopic (exact) mass is 441 g/mol. The normalized spacial score (nSPS) is 13.3. The van der Waals surface area contributed by atoms with E-state index in [2.05, 4.69) is 10.6 Å². The molecule has 1 aromatic carbocycles. The lowest BCUT2D eigenvalue weighted by Gasteiger charge is -2.20. The summed E-state index contributed by atoms with van der Waals surface area (Å²) in [6.07, 6.45) is 2.04. The number of ether oxygens (including phenoxy) is 2. The zero-order chi connectivity index (χ0) is 23.3. The summed E-state index contributed by atoms with van der Waals surface area (Å²) >= 11 is 0. The maximum Gasteiger partial charge on any atom is 0.256 e. The Morgan fingerprint density at radius 2 is 1.97 bits per heavy atom. The molecule has 7 nitrogen and oxygen atoms in total. The number of hydrogen-bond acceptors (Lipinski definition) is 4. The Morgan fingerprint density at radius 1 is 1.19 bits per heavy atom. The Morgan fingerprint density at radius 3 is 2.69 bits per heavy atom. The van der Waals surface area contributed by atoms with Crippen molar-refractivity contribution in [3.63, 3.8) is 0 Å². The van der Waals surface area contributed by atoms with Crippen LogP contribution in [-0.2, 0) is 29.0 Å². The number of amides is 2. The molecule has 2 aromatic rings.